The third-order valence-corrected chi connectivity index (χ3v) is 2.47. The maximum absolute atomic E-state index is 6.97. The second kappa shape index (κ2) is 4.62. The van der Waals surface area contributed by atoms with Crippen molar-refractivity contribution in [3.63, 3.8) is 0 Å². The molecule has 1 aliphatic rings. The molecule has 0 radical (unpaired) electrons. The highest BCUT2D eigenvalue weighted by atomic mass is 32.2. The monoisotopic (exact) mass is 174 g/mol. The predicted octanol–water partition coefficient (Wildman–Crippen LogP) is 1.18. The summed E-state index contributed by atoms with van der Waals surface area (Å²) in [6, 6.07) is 0. The van der Waals surface area contributed by atoms with Crippen LogP contribution in [0.4, 0.5) is 0 Å². The van der Waals surface area contributed by atoms with Gasteiger partial charge in [-0.2, -0.15) is 0 Å². The lowest BCUT2D eigenvalue weighted by molar-refractivity contribution is 0.109. The number of ether oxygens (including phenoxy) is 1. The van der Waals surface area contributed by atoms with Crippen molar-refractivity contribution < 1.29 is 4.74 Å². The van der Waals surface area contributed by atoms with E-state index in [-0.39, 0.29) is 5.17 Å². The summed E-state index contributed by atoms with van der Waals surface area (Å²) in [5, 5.41) is 7.18. The van der Waals surface area contributed by atoms with E-state index in [1.807, 2.05) is 0 Å². The molecule has 1 atom stereocenters. The molecule has 0 spiro atoms. The molecule has 0 aromatic carbocycles. The second-order valence-corrected chi connectivity index (χ2v) is 3.77. The lowest BCUT2D eigenvalue weighted by atomic mass is 10.2. The summed E-state index contributed by atoms with van der Waals surface area (Å²) < 4.78 is 5.41. The summed E-state index contributed by atoms with van der Waals surface area (Å²) in [6.07, 6.45) is 3.83. The van der Waals surface area contributed by atoms with Gasteiger partial charge >= 0.3 is 0 Å². The first-order valence-electron chi connectivity index (χ1n) is 3.87. The Morgan fingerprint density at radius 3 is 3.09 bits per heavy atom. The summed E-state index contributed by atoms with van der Waals surface area (Å²) in [5.41, 5.74) is 5.18. The molecule has 0 bridgehead atoms. The van der Waals surface area contributed by atoms with Crippen LogP contribution in [0, 0.1) is 5.41 Å². The van der Waals surface area contributed by atoms with E-state index >= 15 is 0 Å². The van der Waals surface area contributed by atoms with Crippen molar-refractivity contribution in [1.82, 2.24) is 0 Å². The first-order valence-corrected chi connectivity index (χ1v) is 4.86. The minimum atomic E-state index is 0.211. The van der Waals surface area contributed by atoms with Crippen molar-refractivity contribution in [2.24, 2.45) is 5.73 Å². The smallest absolute Gasteiger partial charge is 0.151 e. The molecular weight excluding hydrogens is 160 g/mol. The number of hydrogen-bond acceptors (Lipinski definition) is 3. The van der Waals surface area contributed by atoms with Crippen LogP contribution in [0.15, 0.2) is 0 Å². The van der Waals surface area contributed by atoms with Crippen molar-refractivity contribution in [1.29, 1.82) is 5.41 Å². The number of rotatable bonds is 3. The standard InChI is InChI=1S/C7H14N2OS/c8-7(9)11-5-3-6-2-1-4-10-6/h6H,1-5H2,(H3,8,9). The van der Waals surface area contributed by atoms with Gasteiger partial charge in [-0.3, -0.25) is 5.41 Å². The first kappa shape index (κ1) is 8.87. The quantitative estimate of drug-likeness (QED) is 0.499. The molecule has 4 heteroatoms. The summed E-state index contributed by atoms with van der Waals surface area (Å²) >= 11 is 1.40. The average molecular weight is 174 g/mol. The van der Waals surface area contributed by atoms with Crippen molar-refractivity contribution in [2.75, 3.05) is 12.4 Å². The van der Waals surface area contributed by atoms with Gasteiger partial charge in [0.15, 0.2) is 5.17 Å². The van der Waals surface area contributed by atoms with Crippen molar-refractivity contribution in [3.05, 3.63) is 0 Å². The molecule has 1 unspecified atom stereocenters. The number of hydrogen-bond donors (Lipinski definition) is 2. The molecule has 3 N–H and O–H groups in total. The van der Waals surface area contributed by atoms with Gasteiger partial charge in [-0.1, -0.05) is 11.8 Å². The fourth-order valence-corrected chi connectivity index (χ4v) is 1.77. The number of amidine groups is 1. The molecule has 0 aromatic rings. The maximum atomic E-state index is 6.97. The van der Waals surface area contributed by atoms with E-state index in [1.165, 1.54) is 24.6 Å². The zero-order valence-electron chi connectivity index (χ0n) is 6.51. The van der Waals surface area contributed by atoms with Crippen molar-refractivity contribution in [3.8, 4) is 0 Å². The Balaban J connectivity index is 1.98. The Morgan fingerprint density at radius 2 is 2.55 bits per heavy atom. The molecular formula is C7H14N2OS. The Kier molecular flexibility index (Phi) is 3.72. The largest absolute Gasteiger partial charge is 0.379 e. The van der Waals surface area contributed by atoms with Crippen LogP contribution in [0.3, 0.4) is 0 Å². The molecule has 1 heterocycles. The molecule has 0 amide bonds. The van der Waals surface area contributed by atoms with Gasteiger partial charge < -0.3 is 10.5 Å². The number of nitrogens with two attached hydrogens (primary N) is 1. The Morgan fingerprint density at radius 1 is 1.73 bits per heavy atom. The molecule has 0 saturated carbocycles. The molecule has 0 aliphatic carbocycles. The van der Waals surface area contributed by atoms with Crippen LogP contribution >= 0.6 is 11.8 Å². The normalized spacial score (nSPS) is 23.8. The van der Waals surface area contributed by atoms with Gasteiger partial charge in [0.25, 0.3) is 0 Å². The molecule has 1 aliphatic heterocycles. The highest BCUT2D eigenvalue weighted by Crippen LogP contribution is 2.17. The molecule has 0 aromatic heterocycles. The molecule has 3 nitrogen and oxygen atoms in total. The van der Waals surface area contributed by atoms with Gasteiger partial charge in [0, 0.05) is 12.4 Å². The Labute approximate surface area is 71.2 Å². The van der Waals surface area contributed by atoms with Gasteiger partial charge in [-0.05, 0) is 19.3 Å². The summed E-state index contributed by atoms with van der Waals surface area (Å²) in [7, 11) is 0. The summed E-state index contributed by atoms with van der Waals surface area (Å²) in [4.78, 5) is 0. The maximum Gasteiger partial charge on any atom is 0.151 e. The number of nitrogens with one attached hydrogen (secondary N) is 1. The van der Waals surface area contributed by atoms with Gasteiger partial charge in [-0.15, -0.1) is 0 Å². The number of thioether (sulfide) groups is 1. The predicted molar refractivity (Wildman–Crippen MR) is 48.0 cm³/mol. The first-order chi connectivity index (χ1) is 5.29. The topological polar surface area (TPSA) is 59.1 Å². The van der Waals surface area contributed by atoms with E-state index in [2.05, 4.69) is 0 Å². The van der Waals surface area contributed by atoms with Crippen LogP contribution in [0.25, 0.3) is 0 Å². The van der Waals surface area contributed by atoms with Crippen LogP contribution < -0.4 is 5.73 Å². The lowest BCUT2D eigenvalue weighted by Gasteiger charge is -2.06. The average Bonchev–Trinajstić information content (AvgIpc) is 2.39. The molecule has 1 fully saturated rings. The Hall–Kier alpha value is -0.220. The van der Waals surface area contributed by atoms with Crippen LogP contribution in [-0.4, -0.2) is 23.6 Å². The molecule has 1 saturated heterocycles. The van der Waals surface area contributed by atoms with Crippen molar-refractivity contribution >= 4 is 16.9 Å². The summed E-state index contributed by atoms with van der Waals surface area (Å²) in [5.74, 6) is 0.917. The Bertz CT molecular complexity index is 134. The third-order valence-electron chi connectivity index (χ3n) is 1.72. The van der Waals surface area contributed by atoms with Gasteiger partial charge in [0.2, 0.25) is 0 Å². The summed E-state index contributed by atoms with van der Waals surface area (Å²) in [6.45, 7) is 0.912. The molecule has 11 heavy (non-hydrogen) atoms. The van der Waals surface area contributed by atoms with E-state index in [1.54, 1.807) is 0 Å². The molecule has 1 rings (SSSR count). The minimum absolute atomic E-state index is 0.211. The van der Waals surface area contributed by atoms with Gasteiger partial charge in [0.05, 0.1) is 6.10 Å². The van der Waals surface area contributed by atoms with Gasteiger partial charge in [-0.25, -0.2) is 0 Å². The zero-order valence-corrected chi connectivity index (χ0v) is 7.32. The fourth-order valence-electron chi connectivity index (χ4n) is 1.17. The SMILES string of the molecule is N=C(N)SCCC1CCCO1. The van der Waals surface area contributed by atoms with Crippen LogP contribution in [-0.2, 0) is 4.74 Å². The van der Waals surface area contributed by atoms with E-state index in [4.69, 9.17) is 15.9 Å². The lowest BCUT2D eigenvalue weighted by Crippen LogP contribution is -2.09. The molecule has 64 valence electrons. The zero-order chi connectivity index (χ0) is 8.10. The van der Waals surface area contributed by atoms with Crippen LogP contribution in [0.2, 0.25) is 0 Å². The highest BCUT2D eigenvalue weighted by molar-refractivity contribution is 8.13. The fraction of sp³-hybridized carbons (Fsp3) is 0.857. The van der Waals surface area contributed by atoms with Crippen LogP contribution in [0.5, 0.6) is 0 Å². The second-order valence-electron chi connectivity index (χ2n) is 2.64. The van der Waals surface area contributed by atoms with Gasteiger partial charge in [0.1, 0.15) is 0 Å². The van der Waals surface area contributed by atoms with Crippen molar-refractivity contribution in [2.45, 2.75) is 25.4 Å². The van der Waals surface area contributed by atoms with Crippen LogP contribution in [0.1, 0.15) is 19.3 Å². The van der Waals surface area contributed by atoms with E-state index in [0.717, 1.165) is 18.8 Å². The van der Waals surface area contributed by atoms with E-state index < -0.39 is 0 Å². The van der Waals surface area contributed by atoms with E-state index in [9.17, 15) is 0 Å². The highest BCUT2D eigenvalue weighted by Gasteiger charge is 2.14. The third kappa shape index (κ3) is 3.62. The van der Waals surface area contributed by atoms with E-state index in [0.29, 0.717) is 6.10 Å². The minimum Gasteiger partial charge on any atom is -0.379 e.